The van der Waals surface area contributed by atoms with Gasteiger partial charge in [-0.1, -0.05) is 0 Å². The maximum Gasteiger partial charge on any atom is 0.413 e. The highest BCUT2D eigenvalue weighted by molar-refractivity contribution is 7.15. The van der Waals surface area contributed by atoms with Crippen molar-refractivity contribution in [2.24, 2.45) is 5.90 Å². The summed E-state index contributed by atoms with van der Waals surface area (Å²) in [7, 11) is 0. The van der Waals surface area contributed by atoms with Crippen molar-refractivity contribution in [1.82, 2.24) is 4.98 Å². The van der Waals surface area contributed by atoms with Crippen molar-refractivity contribution >= 4 is 22.6 Å². The molecule has 0 fully saturated rings. The van der Waals surface area contributed by atoms with E-state index in [1.165, 1.54) is 11.3 Å². The standard InChI is InChI=1S/C11H19N3O3S/c1-7-8(5-6-16-12)18-9(13-7)14-10(15)17-11(2,3)4/h5-6,12H2,1-4H3,(H,13,14,15). The zero-order valence-electron chi connectivity index (χ0n) is 11.1. The largest absolute Gasteiger partial charge is 0.444 e. The number of aromatic nitrogens is 1. The van der Waals surface area contributed by atoms with Crippen LogP contribution in [0.3, 0.4) is 0 Å². The number of nitrogens with zero attached hydrogens (tertiary/aromatic N) is 1. The number of anilines is 1. The fourth-order valence-electron chi connectivity index (χ4n) is 1.26. The monoisotopic (exact) mass is 273 g/mol. The summed E-state index contributed by atoms with van der Waals surface area (Å²) in [4.78, 5) is 21.4. The summed E-state index contributed by atoms with van der Waals surface area (Å²) in [5, 5.41) is 3.13. The summed E-state index contributed by atoms with van der Waals surface area (Å²) in [6.45, 7) is 7.73. The number of amides is 1. The molecule has 0 saturated heterocycles. The van der Waals surface area contributed by atoms with Gasteiger partial charge >= 0.3 is 6.09 Å². The van der Waals surface area contributed by atoms with Crippen LogP contribution in [0.2, 0.25) is 0 Å². The van der Waals surface area contributed by atoms with Crippen LogP contribution < -0.4 is 11.2 Å². The molecule has 0 aliphatic heterocycles. The Labute approximate surface area is 110 Å². The second kappa shape index (κ2) is 6.12. The maximum absolute atomic E-state index is 11.6. The number of nitrogens with one attached hydrogen (secondary N) is 1. The van der Waals surface area contributed by atoms with Gasteiger partial charge in [0.05, 0.1) is 12.3 Å². The predicted molar refractivity (Wildman–Crippen MR) is 70.6 cm³/mol. The van der Waals surface area contributed by atoms with E-state index >= 15 is 0 Å². The van der Waals surface area contributed by atoms with Gasteiger partial charge < -0.3 is 9.57 Å². The van der Waals surface area contributed by atoms with Crippen LogP contribution in [0.5, 0.6) is 0 Å². The van der Waals surface area contributed by atoms with Crippen molar-refractivity contribution in [3.05, 3.63) is 10.6 Å². The number of rotatable bonds is 4. The minimum absolute atomic E-state index is 0.426. The molecular formula is C11H19N3O3S. The first-order chi connectivity index (χ1) is 8.31. The van der Waals surface area contributed by atoms with Crippen LogP contribution in [0, 0.1) is 6.92 Å². The van der Waals surface area contributed by atoms with E-state index in [0.29, 0.717) is 18.2 Å². The van der Waals surface area contributed by atoms with E-state index in [1.54, 1.807) is 0 Å². The fourth-order valence-corrected chi connectivity index (χ4v) is 2.19. The number of carbonyl (C=O) groups excluding carboxylic acids is 1. The number of thiazole rings is 1. The Morgan fingerprint density at radius 1 is 1.50 bits per heavy atom. The van der Waals surface area contributed by atoms with E-state index in [0.717, 1.165) is 10.6 Å². The van der Waals surface area contributed by atoms with Gasteiger partial charge in [0, 0.05) is 11.3 Å². The molecule has 1 amide bonds. The Hall–Kier alpha value is -1.18. The summed E-state index contributed by atoms with van der Waals surface area (Å²) in [5.74, 6) is 4.98. The van der Waals surface area contributed by atoms with Crippen LogP contribution in [-0.4, -0.2) is 23.3 Å². The SMILES string of the molecule is Cc1nc(NC(=O)OC(C)(C)C)sc1CCON. The molecule has 102 valence electrons. The number of aryl methyl sites for hydroxylation is 1. The zero-order chi connectivity index (χ0) is 13.8. The van der Waals surface area contributed by atoms with Crippen LogP contribution in [0.25, 0.3) is 0 Å². The third kappa shape index (κ3) is 4.99. The highest BCUT2D eigenvalue weighted by atomic mass is 32.1. The van der Waals surface area contributed by atoms with Crippen molar-refractivity contribution < 1.29 is 14.4 Å². The van der Waals surface area contributed by atoms with Gasteiger partial charge in [0.2, 0.25) is 0 Å². The second-order valence-corrected chi connectivity index (χ2v) is 5.86. The van der Waals surface area contributed by atoms with Crippen LogP contribution in [0.1, 0.15) is 31.3 Å². The molecule has 0 aliphatic rings. The number of ether oxygens (including phenoxy) is 1. The van der Waals surface area contributed by atoms with Crippen molar-refractivity contribution in [3.63, 3.8) is 0 Å². The summed E-state index contributed by atoms with van der Waals surface area (Å²) in [6.07, 6.45) is 0.175. The molecule has 1 heterocycles. The average Bonchev–Trinajstić information content (AvgIpc) is 2.52. The van der Waals surface area contributed by atoms with Crippen molar-refractivity contribution in [2.45, 2.75) is 39.7 Å². The van der Waals surface area contributed by atoms with Gasteiger partial charge in [-0.3, -0.25) is 5.32 Å². The molecule has 0 aromatic carbocycles. The normalized spacial score (nSPS) is 11.4. The highest BCUT2D eigenvalue weighted by Crippen LogP contribution is 2.23. The fraction of sp³-hybridized carbons (Fsp3) is 0.636. The molecule has 1 rings (SSSR count). The van der Waals surface area contributed by atoms with Gasteiger partial charge in [-0.05, 0) is 27.7 Å². The molecular weight excluding hydrogens is 254 g/mol. The molecule has 0 bridgehead atoms. The molecule has 0 spiro atoms. The molecule has 18 heavy (non-hydrogen) atoms. The summed E-state index contributed by atoms with van der Waals surface area (Å²) >= 11 is 1.40. The van der Waals surface area contributed by atoms with Crippen LogP contribution in [-0.2, 0) is 16.0 Å². The smallest absolute Gasteiger partial charge is 0.413 e. The van der Waals surface area contributed by atoms with Gasteiger partial charge in [0.1, 0.15) is 5.60 Å². The van der Waals surface area contributed by atoms with E-state index in [1.807, 2.05) is 27.7 Å². The van der Waals surface area contributed by atoms with E-state index in [2.05, 4.69) is 15.1 Å². The quantitative estimate of drug-likeness (QED) is 0.821. The number of nitrogens with two attached hydrogens (primary N) is 1. The summed E-state index contributed by atoms with van der Waals surface area (Å²) in [6, 6.07) is 0. The highest BCUT2D eigenvalue weighted by Gasteiger charge is 2.17. The Balaban J connectivity index is 2.60. The third-order valence-electron chi connectivity index (χ3n) is 1.95. The summed E-state index contributed by atoms with van der Waals surface area (Å²) < 4.78 is 5.14. The van der Waals surface area contributed by atoms with Crippen LogP contribution >= 0.6 is 11.3 Å². The lowest BCUT2D eigenvalue weighted by atomic mass is 10.2. The van der Waals surface area contributed by atoms with Gasteiger partial charge in [0.15, 0.2) is 5.13 Å². The van der Waals surface area contributed by atoms with Crippen LogP contribution in [0.4, 0.5) is 9.93 Å². The van der Waals surface area contributed by atoms with E-state index in [4.69, 9.17) is 10.6 Å². The van der Waals surface area contributed by atoms with E-state index in [-0.39, 0.29) is 0 Å². The maximum atomic E-state index is 11.6. The van der Waals surface area contributed by atoms with Crippen molar-refractivity contribution in [2.75, 3.05) is 11.9 Å². The molecule has 3 N–H and O–H groups in total. The van der Waals surface area contributed by atoms with E-state index < -0.39 is 11.7 Å². The van der Waals surface area contributed by atoms with Gasteiger partial charge in [-0.15, -0.1) is 11.3 Å². The Morgan fingerprint density at radius 2 is 2.17 bits per heavy atom. The Morgan fingerprint density at radius 3 is 2.72 bits per heavy atom. The molecule has 7 heteroatoms. The van der Waals surface area contributed by atoms with Gasteiger partial charge in [-0.25, -0.2) is 15.7 Å². The molecule has 1 aromatic rings. The molecule has 0 aliphatic carbocycles. The lowest BCUT2D eigenvalue weighted by Gasteiger charge is -2.18. The first-order valence-electron chi connectivity index (χ1n) is 5.60. The topological polar surface area (TPSA) is 86.5 Å². The van der Waals surface area contributed by atoms with Crippen LogP contribution in [0.15, 0.2) is 0 Å². The Bertz CT molecular complexity index is 412. The minimum Gasteiger partial charge on any atom is -0.444 e. The minimum atomic E-state index is -0.521. The van der Waals surface area contributed by atoms with Gasteiger partial charge in [0.25, 0.3) is 0 Å². The lowest BCUT2D eigenvalue weighted by Crippen LogP contribution is -2.27. The molecule has 0 radical (unpaired) electrons. The van der Waals surface area contributed by atoms with Gasteiger partial charge in [-0.2, -0.15) is 0 Å². The molecule has 0 unspecified atom stereocenters. The summed E-state index contributed by atoms with van der Waals surface area (Å²) in [5.41, 5.74) is 0.343. The number of hydrogen-bond donors (Lipinski definition) is 2. The molecule has 6 nitrogen and oxygen atoms in total. The third-order valence-corrected chi connectivity index (χ3v) is 3.08. The predicted octanol–water partition coefficient (Wildman–Crippen LogP) is 2.23. The second-order valence-electron chi connectivity index (χ2n) is 4.78. The lowest BCUT2D eigenvalue weighted by molar-refractivity contribution is 0.0636. The molecule has 0 saturated carbocycles. The number of hydrogen-bond acceptors (Lipinski definition) is 6. The Kier molecular flexibility index (Phi) is 5.06. The zero-order valence-corrected chi connectivity index (χ0v) is 11.9. The first kappa shape index (κ1) is 14.9. The molecule has 1 aromatic heterocycles. The molecule has 0 atom stereocenters. The number of carbonyl (C=O) groups is 1. The van der Waals surface area contributed by atoms with Crippen molar-refractivity contribution in [1.29, 1.82) is 0 Å². The van der Waals surface area contributed by atoms with E-state index in [9.17, 15) is 4.79 Å². The first-order valence-corrected chi connectivity index (χ1v) is 6.41. The average molecular weight is 273 g/mol. The van der Waals surface area contributed by atoms with Crippen molar-refractivity contribution in [3.8, 4) is 0 Å².